The highest BCUT2D eigenvalue weighted by atomic mass is 14.9. The van der Waals surface area contributed by atoms with Gasteiger partial charge in [0.1, 0.15) is 0 Å². The van der Waals surface area contributed by atoms with E-state index >= 15 is 0 Å². The zero-order valence-electron chi connectivity index (χ0n) is 11.8. The Kier molecular flexibility index (Phi) is 5.82. The first kappa shape index (κ1) is 14.0. The summed E-state index contributed by atoms with van der Waals surface area (Å²) in [5.41, 5.74) is 0.568. The number of rotatable bonds is 7. The maximum absolute atomic E-state index is 3.58. The van der Waals surface area contributed by atoms with E-state index in [1.165, 1.54) is 51.4 Å². The first-order chi connectivity index (χ1) is 7.61. The Bertz CT molecular complexity index is 186. The van der Waals surface area contributed by atoms with Crippen molar-refractivity contribution in [3.8, 4) is 0 Å². The lowest BCUT2D eigenvalue weighted by molar-refractivity contribution is 0.193. The quantitative estimate of drug-likeness (QED) is 0.634. The van der Waals surface area contributed by atoms with Crippen molar-refractivity contribution in [2.45, 2.75) is 78.2 Å². The lowest BCUT2D eigenvalue weighted by Crippen LogP contribution is -2.38. The molecule has 2 atom stereocenters. The van der Waals surface area contributed by atoms with Crippen molar-refractivity contribution in [1.82, 2.24) is 5.32 Å². The maximum Gasteiger partial charge on any atom is 0.00974 e. The molecule has 0 aromatic rings. The molecule has 0 amide bonds. The maximum atomic E-state index is 3.58. The molecule has 1 nitrogen and oxygen atoms in total. The smallest absolute Gasteiger partial charge is 0.00974 e. The summed E-state index contributed by atoms with van der Waals surface area (Å²) in [6.45, 7) is 7.21. The fourth-order valence-electron chi connectivity index (χ4n) is 3.44. The minimum atomic E-state index is 0.568. The molecule has 0 aromatic carbocycles. The van der Waals surface area contributed by atoms with Gasteiger partial charge in [-0.3, -0.25) is 0 Å². The summed E-state index contributed by atoms with van der Waals surface area (Å²) in [5.74, 6) is 0.902. The summed E-state index contributed by atoms with van der Waals surface area (Å²) in [6.07, 6.45) is 11.3. The monoisotopic (exact) mass is 225 g/mol. The second-order valence-corrected chi connectivity index (χ2v) is 6.23. The summed E-state index contributed by atoms with van der Waals surface area (Å²) in [5, 5.41) is 3.58. The minimum absolute atomic E-state index is 0.568. The Morgan fingerprint density at radius 1 is 1.25 bits per heavy atom. The molecule has 0 spiro atoms. The van der Waals surface area contributed by atoms with Gasteiger partial charge in [-0.1, -0.05) is 52.9 Å². The van der Waals surface area contributed by atoms with Crippen molar-refractivity contribution < 1.29 is 0 Å². The normalized spacial score (nSPS) is 25.9. The van der Waals surface area contributed by atoms with Gasteiger partial charge in [0.05, 0.1) is 0 Å². The van der Waals surface area contributed by atoms with Crippen LogP contribution in [0.2, 0.25) is 0 Å². The average Bonchev–Trinajstić information content (AvgIpc) is 2.59. The molecular weight excluding hydrogens is 194 g/mol. The molecule has 2 unspecified atom stereocenters. The standard InChI is InChI=1S/C15H31N/c1-5-6-7-8-11-14(16-4)13-10-9-12-15(13,2)3/h13-14,16H,5-12H2,1-4H3. The van der Waals surface area contributed by atoms with Crippen molar-refractivity contribution in [3.05, 3.63) is 0 Å². The lowest BCUT2D eigenvalue weighted by atomic mass is 9.76. The highest BCUT2D eigenvalue weighted by molar-refractivity contribution is 4.91. The molecule has 1 heteroatoms. The van der Waals surface area contributed by atoms with Gasteiger partial charge in [0, 0.05) is 6.04 Å². The van der Waals surface area contributed by atoms with Crippen molar-refractivity contribution in [2.24, 2.45) is 11.3 Å². The molecule has 1 rings (SSSR count). The van der Waals surface area contributed by atoms with Gasteiger partial charge in [-0.15, -0.1) is 0 Å². The van der Waals surface area contributed by atoms with Crippen molar-refractivity contribution in [1.29, 1.82) is 0 Å². The largest absolute Gasteiger partial charge is 0.317 e. The lowest BCUT2D eigenvalue weighted by Gasteiger charge is -2.34. The van der Waals surface area contributed by atoms with E-state index in [4.69, 9.17) is 0 Å². The van der Waals surface area contributed by atoms with E-state index in [0.29, 0.717) is 5.41 Å². The zero-order valence-corrected chi connectivity index (χ0v) is 11.8. The van der Waals surface area contributed by atoms with Gasteiger partial charge in [0.15, 0.2) is 0 Å². The van der Waals surface area contributed by atoms with E-state index < -0.39 is 0 Å². The topological polar surface area (TPSA) is 12.0 Å². The summed E-state index contributed by atoms with van der Waals surface area (Å²) >= 11 is 0. The summed E-state index contributed by atoms with van der Waals surface area (Å²) in [6, 6.07) is 0.759. The molecule has 0 saturated heterocycles. The van der Waals surface area contributed by atoms with E-state index in [1.807, 2.05) is 0 Å². The molecule has 1 fully saturated rings. The summed E-state index contributed by atoms with van der Waals surface area (Å²) in [7, 11) is 2.15. The van der Waals surface area contributed by atoms with Gasteiger partial charge in [-0.2, -0.15) is 0 Å². The van der Waals surface area contributed by atoms with Crippen LogP contribution in [0.5, 0.6) is 0 Å². The predicted molar refractivity (Wildman–Crippen MR) is 72.7 cm³/mol. The van der Waals surface area contributed by atoms with Crippen LogP contribution >= 0.6 is 0 Å². The molecule has 0 bridgehead atoms. The van der Waals surface area contributed by atoms with Gasteiger partial charge in [-0.25, -0.2) is 0 Å². The van der Waals surface area contributed by atoms with Crippen LogP contribution in [0.25, 0.3) is 0 Å². The third-order valence-electron chi connectivity index (χ3n) is 4.57. The van der Waals surface area contributed by atoms with Crippen LogP contribution in [0.15, 0.2) is 0 Å². The Labute approximate surface area is 102 Å². The van der Waals surface area contributed by atoms with E-state index in [1.54, 1.807) is 0 Å². The van der Waals surface area contributed by atoms with Crippen molar-refractivity contribution in [2.75, 3.05) is 7.05 Å². The van der Waals surface area contributed by atoms with Gasteiger partial charge in [0.25, 0.3) is 0 Å². The van der Waals surface area contributed by atoms with Gasteiger partial charge in [-0.05, 0) is 37.6 Å². The summed E-state index contributed by atoms with van der Waals surface area (Å²) < 4.78 is 0. The second kappa shape index (κ2) is 6.64. The molecule has 1 aliphatic rings. The molecule has 1 N–H and O–H groups in total. The van der Waals surface area contributed by atoms with Crippen LogP contribution in [-0.2, 0) is 0 Å². The van der Waals surface area contributed by atoms with Crippen molar-refractivity contribution >= 4 is 0 Å². The van der Waals surface area contributed by atoms with E-state index in [-0.39, 0.29) is 0 Å². The van der Waals surface area contributed by atoms with Crippen LogP contribution in [0.4, 0.5) is 0 Å². The zero-order chi connectivity index (χ0) is 12.0. The molecular formula is C15H31N. The molecule has 96 valence electrons. The Morgan fingerprint density at radius 3 is 2.50 bits per heavy atom. The van der Waals surface area contributed by atoms with Crippen LogP contribution in [0.3, 0.4) is 0 Å². The van der Waals surface area contributed by atoms with Gasteiger partial charge in [0.2, 0.25) is 0 Å². The van der Waals surface area contributed by atoms with Gasteiger partial charge < -0.3 is 5.32 Å². The fraction of sp³-hybridized carbons (Fsp3) is 1.00. The second-order valence-electron chi connectivity index (χ2n) is 6.23. The first-order valence-corrected chi connectivity index (χ1v) is 7.29. The van der Waals surface area contributed by atoms with Crippen molar-refractivity contribution in [3.63, 3.8) is 0 Å². The van der Waals surface area contributed by atoms with E-state index in [9.17, 15) is 0 Å². The SMILES string of the molecule is CCCCCCC(NC)C1CCCC1(C)C. The number of nitrogens with one attached hydrogen (secondary N) is 1. The Morgan fingerprint density at radius 2 is 2.00 bits per heavy atom. The molecule has 0 radical (unpaired) electrons. The van der Waals surface area contributed by atoms with E-state index in [0.717, 1.165) is 12.0 Å². The summed E-state index contributed by atoms with van der Waals surface area (Å²) in [4.78, 5) is 0. The molecule has 0 aliphatic heterocycles. The molecule has 1 aliphatic carbocycles. The highest BCUT2D eigenvalue weighted by Gasteiger charge is 2.38. The number of hydrogen-bond donors (Lipinski definition) is 1. The van der Waals surface area contributed by atoms with Gasteiger partial charge >= 0.3 is 0 Å². The highest BCUT2D eigenvalue weighted by Crippen LogP contribution is 2.45. The third-order valence-corrected chi connectivity index (χ3v) is 4.57. The first-order valence-electron chi connectivity index (χ1n) is 7.29. The Hall–Kier alpha value is -0.0400. The average molecular weight is 225 g/mol. The molecule has 0 aromatic heterocycles. The fourth-order valence-corrected chi connectivity index (χ4v) is 3.44. The number of unbranched alkanes of at least 4 members (excludes halogenated alkanes) is 3. The molecule has 0 heterocycles. The third kappa shape index (κ3) is 3.76. The number of hydrogen-bond acceptors (Lipinski definition) is 1. The minimum Gasteiger partial charge on any atom is -0.317 e. The van der Waals surface area contributed by atoms with Crippen LogP contribution in [0, 0.1) is 11.3 Å². The Balaban J connectivity index is 2.35. The predicted octanol–water partition coefficient (Wildman–Crippen LogP) is 4.37. The van der Waals surface area contributed by atoms with E-state index in [2.05, 4.69) is 33.1 Å². The van der Waals surface area contributed by atoms with Crippen LogP contribution < -0.4 is 5.32 Å². The van der Waals surface area contributed by atoms with Crippen LogP contribution in [-0.4, -0.2) is 13.1 Å². The molecule has 1 saturated carbocycles. The molecule has 16 heavy (non-hydrogen) atoms. The van der Waals surface area contributed by atoms with Crippen LogP contribution in [0.1, 0.15) is 72.1 Å².